The molecule has 0 radical (unpaired) electrons. The SMILES string of the molecule is C[N+]1(CC2=C(C(=O)O)N3C(=O)[C@@H](NC(=O)/C(=N\O[C@@H](CC(=O)O)C(=O)O)c4csc(N)n4)[C@H]3SC2)[C@@H]2CC[C@H]1CC(CNC(=O)C(=O)c1cc(O)c(O)c(F)c1)C2. The molecule has 4 aliphatic rings. The minimum atomic E-state index is -1.96. The van der Waals surface area contributed by atoms with Crippen LogP contribution in [0, 0.1) is 11.7 Å². The zero-order chi connectivity index (χ0) is 41.5. The number of nitrogens with one attached hydrogen (secondary N) is 2. The van der Waals surface area contributed by atoms with E-state index in [4.69, 9.17) is 15.7 Å². The van der Waals surface area contributed by atoms with Crippen molar-refractivity contribution in [3.63, 3.8) is 0 Å². The van der Waals surface area contributed by atoms with Gasteiger partial charge >= 0.3 is 17.9 Å². The van der Waals surface area contributed by atoms with E-state index in [-0.39, 0.29) is 46.8 Å². The predicted octanol–water partition coefficient (Wildman–Crippen LogP) is 0.0495. The van der Waals surface area contributed by atoms with Crippen molar-refractivity contribution in [1.29, 1.82) is 0 Å². The molecule has 3 amide bonds. The highest BCUT2D eigenvalue weighted by Gasteiger charge is 2.57. The summed E-state index contributed by atoms with van der Waals surface area (Å²) in [5, 5.41) is 56.9. The van der Waals surface area contributed by atoms with E-state index in [1.165, 1.54) is 17.1 Å². The molecule has 0 aliphatic carbocycles. The second-order valence-corrected chi connectivity index (χ2v) is 16.2. The lowest BCUT2D eigenvalue weighted by atomic mass is 9.87. The Bertz CT molecular complexity index is 2090. The number of halogens is 1. The van der Waals surface area contributed by atoms with Gasteiger partial charge in [-0.05, 0) is 18.1 Å². The number of Topliss-reactive ketones (excluding diaryl/α,β-unsaturated/α-hetero) is 1. The van der Waals surface area contributed by atoms with Crippen LogP contribution < -0.4 is 16.4 Å². The minimum Gasteiger partial charge on any atom is -0.504 e. The number of thiazole rings is 1. The number of carboxylic acid groups (broad SMARTS) is 3. The van der Waals surface area contributed by atoms with Crippen molar-refractivity contribution in [2.24, 2.45) is 11.1 Å². The number of benzene rings is 1. The number of fused-ring (bicyclic) bond motifs is 3. The van der Waals surface area contributed by atoms with Crippen molar-refractivity contribution < 1.29 is 72.8 Å². The molecule has 1 aromatic carbocycles. The number of β-lactam (4-membered cyclic amide) rings is 1. The van der Waals surface area contributed by atoms with Crippen molar-refractivity contribution in [3.8, 4) is 11.5 Å². The zero-order valence-corrected chi connectivity index (χ0v) is 31.5. The summed E-state index contributed by atoms with van der Waals surface area (Å²) in [5.41, 5.74) is 4.87. The Hall–Kier alpha value is -5.81. The Morgan fingerprint density at radius 2 is 1.79 bits per heavy atom. The first-order valence-corrected chi connectivity index (χ1v) is 19.3. The molecule has 4 aliphatic heterocycles. The summed E-state index contributed by atoms with van der Waals surface area (Å²) in [4.78, 5) is 97.5. The van der Waals surface area contributed by atoms with Crippen molar-refractivity contribution in [2.45, 2.75) is 61.7 Å². The van der Waals surface area contributed by atoms with Crippen LogP contribution >= 0.6 is 23.1 Å². The number of hydrogen-bond donors (Lipinski definition) is 8. The van der Waals surface area contributed by atoms with Crippen LogP contribution in [0.1, 0.15) is 48.2 Å². The number of rotatable bonds is 15. The van der Waals surface area contributed by atoms with Crippen LogP contribution in [0.5, 0.6) is 11.5 Å². The number of carbonyl (C=O) groups is 7. The molecular weight excluding hydrogens is 798 g/mol. The number of nitrogen functional groups attached to an aromatic ring is 1. The van der Waals surface area contributed by atoms with Gasteiger partial charge in [0.15, 0.2) is 28.2 Å². The standard InChI is InChI=1S/C34H36FN7O13S2/c1-42(16-2-3-17(42)5-13(4-16)9-37-29(49)26(46)14-6-18(35)27(47)20(43)7-14)10-15-11-56-31-24(30(50)41(31)25(15)33(53)54)39-28(48)23(19-12-57-34(36)38-19)40-55-21(32(51)52)8-22(44)45/h6-7,12-13,16-17,21,24,31H,2-5,8-11H2,1H3,(H8-,36,37,38,39,40,43,44,45,46,47,48,49,51,52,53,54)/p+1/t13?,16-,17+,21-,24+,31+,42?/m0/s1. The lowest BCUT2D eigenvalue weighted by Gasteiger charge is -2.52. The van der Waals surface area contributed by atoms with Gasteiger partial charge in [-0.3, -0.25) is 28.9 Å². The van der Waals surface area contributed by atoms with E-state index < -0.39 is 93.9 Å². The molecular formula is C34H37FN7O13S2+. The van der Waals surface area contributed by atoms with Crippen LogP contribution in [0.25, 0.3) is 0 Å². The summed E-state index contributed by atoms with van der Waals surface area (Å²) in [6.07, 6.45) is -0.0154. The molecule has 3 saturated heterocycles. The van der Waals surface area contributed by atoms with Gasteiger partial charge in [0, 0.05) is 54.5 Å². The summed E-state index contributed by atoms with van der Waals surface area (Å²) < 4.78 is 14.3. The minimum absolute atomic E-state index is 0.0175. The summed E-state index contributed by atoms with van der Waals surface area (Å²) in [6, 6.07) is 0.364. The summed E-state index contributed by atoms with van der Waals surface area (Å²) in [7, 11) is 2.02. The zero-order valence-electron chi connectivity index (χ0n) is 29.9. The second-order valence-electron chi connectivity index (χ2n) is 14.3. The molecule has 304 valence electrons. The Morgan fingerprint density at radius 1 is 1.11 bits per heavy atom. The maximum Gasteiger partial charge on any atom is 0.352 e. The molecule has 3 fully saturated rings. The number of thioether (sulfide) groups is 1. The molecule has 57 heavy (non-hydrogen) atoms. The Kier molecular flexibility index (Phi) is 11.4. The highest BCUT2D eigenvalue weighted by molar-refractivity contribution is 8.00. The van der Waals surface area contributed by atoms with Gasteiger partial charge in [-0.2, -0.15) is 0 Å². The number of aliphatic carboxylic acids is 3. The number of aromatic hydroxyl groups is 2. The van der Waals surface area contributed by atoms with Gasteiger partial charge in [-0.25, -0.2) is 19.0 Å². The number of nitrogens with zero attached hydrogens (tertiary/aromatic N) is 4. The van der Waals surface area contributed by atoms with E-state index in [1.54, 1.807) is 0 Å². The fourth-order valence-electron chi connectivity index (χ4n) is 7.92. The average Bonchev–Trinajstić information content (AvgIpc) is 3.61. The molecule has 2 bridgehead atoms. The third-order valence-corrected chi connectivity index (χ3v) is 12.7. The van der Waals surface area contributed by atoms with Crippen LogP contribution in [-0.4, -0.2) is 143 Å². The molecule has 23 heteroatoms. The smallest absolute Gasteiger partial charge is 0.352 e. The Labute approximate surface area is 329 Å². The highest BCUT2D eigenvalue weighted by Crippen LogP contribution is 2.47. The second kappa shape index (κ2) is 16.0. The van der Waals surface area contributed by atoms with Crippen LogP contribution in [0.4, 0.5) is 9.52 Å². The molecule has 1 aromatic heterocycles. The average molecular weight is 835 g/mol. The molecule has 7 atom stereocenters. The van der Waals surface area contributed by atoms with E-state index >= 15 is 0 Å². The molecule has 20 nitrogen and oxygen atoms in total. The van der Waals surface area contributed by atoms with E-state index in [9.17, 15) is 58.4 Å². The van der Waals surface area contributed by atoms with Gasteiger partial charge in [-0.15, -0.1) is 23.1 Å². The largest absolute Gasteiger partial charge is 0.504 e. The highest BCUT2D eigenvalue weighted by atomic mass is 32.2. The van der Waals surface area contributed by atoms with Crippen molar-refractivity contribution in [2.75, 3.05) is 31.6 Å². The van der Waals surface area contributed by atoms with E-state index in [0.29, 0.717) is 35.5 Å². The van der Waals surface area contributed by atoms with Crippen molar-refractivity contribution in [3.05, 3.63) is 45.9 Å². The molecule has 2 unspecified atom stereocenters. The number of quaternary nitrogens is 1. The fourth-order valence-corrected chi connectivity index (χ4v) is 9.80. The first-order chi connectivity index (χ1) is 26.9. The number of phenolic OH excluding ortho intramolecular Hbond substituents is 2. The topological polar surface area (TPSA) is 308 Å². The molecule has 9 N–H and O–H groups in total. The molecule has 0 saturated carbocycles. The van der Waals surface area contributed by atoms with Crippen LogP contribution in [0.15, 0.2) is 33.9 Å². The third kappa shape index (κ3) is 8.07. The summed E-state index contributed by atoms with van der Waals surface area (Å²) >= 11 is 2.16. The number of likely N-dealkylation sites (N-methyl/N-ethyl adjacent to an activating group) is 1. The molecule has 6 rings (SSSR count). The van der Waals surface area contributed by atoms with Gasteiger partial charge in [-0.1, -0.05) is 5.16 Å². The Balaban J connectivity index is 1.11. The third-order valence-electron chi connectivity index (χ3n) is 10.7. The maximum atomic E-state index is 13.8. The van der Waals surface area contributed by atoms with E-state index in [0.717, 1.165) is 35.1 Å². The van der Waals surface area contributed by atoms with Gasteiger partial charge < -0.3 is 51.2 Å². The lowest BCUT2D eigenvalue weighted by Crippen LogP contribution is -2.71. The number of oxime groups is 1. The molecule has 5 heterocycles. The number of piperidine rings is 1. The first-order valence-electron chi connectivity index (χ1n) is 17.4. The van der Waals surface area contributed by atoms with Crippen molar-refractivity contribution in [1.82, 2.24) is 20.5 Å². The fraction of sp³-hybridized carbons (Fsp3) is 0.441. The van der Waals surface area contributed by atoms with Crippen LogP contribution in [0.3, 0.4) is 0 Å². The van der Waals surface area contributed by atoms with Gasteiger partial charge in [0.05, 0.1) is 25.6 Å². The van der Waals surface area contributed by atoms with Crippen molar-refractivity contribution >= 4 is 75.4 Å². The first kappa shape index (κ1) is 40.8. The Morgan fingerprint density at radius 3 is 2.37 bits per heavy atom. The van der Waals surface area contributed by atoms with Gasteiger partial charge in [0.25, 0.3) is 17.7 Å². The predicted molar refractivity (Wildman–Crippen MR) is 195 cm³/mol. The number of nitrogens with two attached hydrogens (primary N) is 1. The normalized spacial score (nSPS) is 25.9. The lowest BCUT2D eigenvalue weighted by molar-refractivity contribution is -0.945. The summed E-state index contributed by atoms with van der Waals surface area (Å²) in [5.74, 6) is -11.3. The number of amides is 3. The quantitative estimate of drug-likeness (QED) is 0.0224. The monoisotopic (exact) mass is 834 g/mol. The van der Waals surface area contributed by atoms with Gasteiger partial charge in [0.1, 0.15) is 29.4 Å². The molecule has 0 spiro atoms. The number of aromatic nitrogens is 1. The summed E-state index contributed by atoms with van der Waals surface area (Å²) in [6.45, 7) is 0.461. The number of ketones is 1. The van der Waals surface area contributed by atoms with Gasteiger partial charge in [0.2, 0.25) is 11.9 Å². The number of carboxylic acids is 3. The van der Waals surface area contributed by atoms with Crippen LogP contribution in [0.2, 0.25) is 0 Å². The van der Waals surface area contributed by atoms with E-state index in [1.807, 2.05) is 7.05 Å². The number of anilines is 1. The number of carbonyl (C=O) groups excluding carboxylic acids is 4. The van der Waals surface area contributed by atoms with Crippen LogP contribution in [-0.2, 0) is 33.6 Å². The number of hydrogen-bond acceptors (Lipinski definition) is 15. The maximum absolute atomic E-state index is 13.8. The number of phenols is 2. The molecule has 2 aromatic rings. The van der Waals surface area contributed by atoms with E-state index in [2.05, 4.69) is 20.8 Å².